The number of aliphatic carboxylic acids is 1. The van der Waals surface area contributed by atoms with Crippen LogP contribution in [0.25, 0.3) is 0 Å². The molecule has 1 aliphatic carbocycles. The van der Waals surface area contributed by atoms with E-state index in [4.69, 9.17) is 5.11 Å². The van der Waals surface area contributed by atoms with Crippen LogP contribution >= 0.6 is 0 Å². The molecule has 0 aromatic heterocycles. The highest BCUT2D eigenvalue weighted by Gasteiger charge is 2.43. The number of hydrogen-bond donors (Lipinski definition) is 2. The van der Waals surface area contributed by atoms with E-state index in [-0.39, 0.29) is 24.5 Å². The maximum Gasteiger partial charge on any atom is 0.307 e. The number of rotatable bonds is 6. The van der Waals surface area contributed by atoms with Crippen LogP contribution in [-0.2, 0) is 9.59 Å². The van der Waals surface area contributed by atoms with Gasteiger partial charge >= 0.3 is 5.97 Å². The van der Waals surface area contributed by atoms with Crippen molar-refractivity contribution in [3.63, 3.8) is 0 Å². The van der Waals surface area contributed by atoms with Gasteiger partial charge in [-0.15, -0.1) is 0 Å². The molecule has 5 heteroatoms. The molecule has 1 fully saturated rings. The molecule has 19 heavy (non-hydrogen) atoms. The van der Waals surface area contributed by atoms with Crippen LogP contribution in [0.1, 0.15) is 40.0 Å². The monoisotopic (exact) mass is 271 g/mol. The molecular formula is C14H25NO4. The summed E-state index contributed by atoms with van der Waals surface area (Å²) >= 11 is 0. The quantitative estimate of drug-likeness (QED) is 0.764. The smallest absolute Gasteiger partial charge is 0.307 e. The fourth-order valence-corrected chi connectivity index (χ4v) is 2.91. The Morgan fingerprint density at radius 2 is 1.84 bits per heavy atom. The second kappa shape index (κ2) is 6.89. The second-order valence-corrected chi connectivity index (χ2v) is 5.83. The molecule has 0 saturated heterocycles. The summed E-state index contributed by atoms with van der Waals surface area (Å²) in [4.78, 5) is 25.5. The highest BCUT2D eigenvalue weighted by molar-refractivity contribution is 5.85. The Bertz CT molecular complexity index is 329. The standard InChI is InChI=1S/C14H25NO4/c1-9(2)15(5-4-6-16)13(17)11-7-10(3)8-12(11)14(18)19/h9-12,16H,4-8H2,1-3H3,(H,18,19)/t10?,11-,12+/m0/s1. The Labute approximate surface area is 114 Å². The minimum Gasteiger partial charge on any atom is -0.481 e. The van der Waals surface area contributed by atoms with Crippen LogP contribution in [0, 0.1) is 17.8 Å². The molecule has 0 aromatic rings. The van der Waals surface area contributed by atoms with E-state index in [0.717, 1.165) is 0 Å². The highest BCUT2D eigenvalue weighted by atomic mass is 16.4. The number of amides is 1. The van der Waals surface area contributed by atoms with Gasteiger partial charge < -0.3 is 15.1 Å². The van der Waals surface area contributed by atoms with E-state index < -0.39 is 17.8 Å². The molecule has 110 valence electrons. The average molecular weight is 271 g/mol. The lowest BCUT2D eigenvalue weighted by Gasteiger charge is -2.30. The van der Waals surface area contributed by atoms with E-state index in [9.17, 15) is 14.7 Å². The Morgan fingerprint density at radius 3 is 2.32 bits per heavy atom. The molecule has 1 saturated carbocycles. The molecule has 0 aromatic carbocycles. The van der Waals surface area contributed by atoms with E-state index in [1.54, 1.807) is 4.90 Å². The highest BCUT2D eigenvalue weighted by Crippen LogP contribution is 2.37. The number of carboxylic acid groups (broad SMARTS) is 1. The lowest BCUT2D eigenvalue weighted by atomic mass is 9.94. The zero-order valence-corrected chi connectivity index (χ0v) is 12.0. The third-order valence-corrected chi connectivity index (χ3v) is 3.90. The third-order valence-electron chi connectivity index (χ3n) is 3.90. The Balaban J connectivity index is 2.80. The van der Waals surface area contributed by atoms with Crippen LogP contribution < -0.4 is 0 Å². The summed E-state index contributed by atoms with van der Waals surface area (Å²) in [5, 5.41) is 18.1. The molecule has 1 unspecified atom stereocenters. The summed E-state index contributed by atoms with van der Waals surface area (Å²) in [6, 6.07) is 0.0319. The van der Waals surface area contributed by atoms with Crippen molar-refractivity contribution >= 4 is 11.9 Å². The number of hydrogen-bond acceptors (Lipinski definition) is 3. The van der Waals surface area contributed by atoms with Crippen LogP contribution in [0.2, 0.25) is 0 Å². The van der Waals surface area contributed by atoms with Crippen molar-refractivity contribution < 1.29 is 19.8 Å². The summed E-state index contributed by atoms with van der Waals surface area (Å²) in [6.07, 6.45) is 1.76. The molecule has 0 bridgehead atoms. The van der Waals surface area contributed by atoms with Crippen LogP contribution in [-0.4, -0.2) is 46.2 Å². The van der Waals surface area contributed by atoms with Crippen LogP contribution in [0.5, 0.6) is 0 Å². The SMILES string of the molecule is CC1C[C@H](C(=O)N(CCCO)C(C)C)[C@H](C(=O)O)C1. The van der Waals surface area contributed by atoms with Crippen LogP contribution in [0.15, 0.2) is 0 Å². The van der Waals surface area contributed by atoms with E-state index >= 15 is 0 Å². The molecule has 5 nitrogen and oxygen atoms in total. The van der Waals surface area contributed by atoms with E-state index in [0.29, 0.717) is 25.8 Å². The molecule has 1 rings (SSSR count). The average Bonchev–Trinajstić information content (AvgIpc) is 2.71. The van der Waals surface area contributed by atoms with Gasteiger partial charge in [0.25, 0.3) is 0 Å². The van der Waals surface area contributed by atoms with Gasteiger partial charge in [-0.25, -0.2) is 0 Å². The van der Waals surface area contributed by atoms with Gasteiger partial charge in [-0.05, 0) is 39.0 Å². The summed E-state index contributed by atoms with van der Waals surface area (Å²) in [5.41, 5.74) is 0. The molecule has 1 aliphatic rings. The number of aliphatic hydroxyl groups is 1. The van der Waals surface area contributed by atoms with E-state index in [1.165, 1.54) is 0 Å². The summed E-state index contributed by atoms with van der Waals surface area (Å²) in [7, 11) is 0. The van der Waals surface area contributed by atoms with Gasteiger partial charge in [-0.3, -0.25) is 9.59 Å². The Hall–Kier alpha value is -1.10. The first-order chi connectivity index (χ1) is 8.88. The van der Waals surface area contributed by atoms with Crippen molar-refractivity contribution in [1.82, 2.24) is 4.90 Å². The Morgan fingerprint density at radius 1 is 1.26 bits per heavy atom. The number of aliphatic hydroxyl groups excluding tert-OH is 1. The van der Waals surface area contributed by atoms with Gasteiger partial charge in [0.2, 0.25) is 5.91 Å². The first-order valence-electron chi connectivity index (χ1n) is 7.02. The zero-order chi connectivity index (χ0) is 14.6. The van der Waals surface area contributed by atoms with E-state index in [1.807, 2.05) is 20.8 Å². The lowest BCUT2D eigenvalue weighted by Crippen LogP contribution is -2.43. The van der Waals surface area contributed by atoms with Gasteiger partial charge in [0.05, 0.1) is 11.8 Å². The minimum absolute atomic E-state index is 0.0319. The molecule has 0 heterocycles. The van der Waals surface area contributed by atoms with Crippen LogP contribution in [0.4, 0.5) is 0 Å². The fraction of sp³-hybridized carbons (Fsp3) is 0.857. The van der Waals surface area contributed by atoms with Crippen LogP contribution in [0.3, 0.4) is 0 Å². The normalized spacial score (nSPS) is 26.7. The van der Waals surface area contributed by atoms with Crippen molar-refractivity contribution in [1.29, 1.82) is 0 Å². The van der Waals surface area contributed by atoms with Crippen molar-refractivity contribution in [2.24, 2.45) is 17.8 Å². The molecule has 3 atom stereocenters. The second-order valence-electron chi connectivity index (χ2n) is 5.83. The first-order valence-corrected chi connectivity index (χ1v) is 7.02. The third kappa shape index (κ3) is 3.93. The van der Waals surface area contributed by atoms with Crippen molar-refractivity contribution in [3.05, 3.63) is 0 Å². The van der Waals surface area contributed by atoms with Gasteiger partial charge in [0.15, 0.2) is 0 Å². The summed E-state index contributed by atoms with van der Waals surface area (Å²) in [5.74, 6) is -1.62. The topological polar surface area (TPSA) is 77.8 Å². The van der Waals surface area contributed by atoms with Crippen molar-refractivity contribution in [2.75, 3.05) is 13.2 Å². The fourth-order valence-electron chi connectivity index (χ4n) is 2.91. The molecule has 0 radical (unpaired) electrons. The summed E-state index contributed by atoms with van der Waals surface area (Å²) < 4.78 is 0. The first kappa shape index (κ1) is 16.0. The number of carbonyl (C=O) groups excluding carboxylic acids is 1. The van der Waals surface area contributed by atoms with Crippen molar-refractivity contribution in [2.45, 2.75) is 46.1 Å². The largest absolute Gasteiger partial charge is 0.481 e. The maximum absolute atomic E-state index is 12.5. The molecule has 0 spiro atoms. The molecule has 2 N–H and O–H groups in total. The molecule has 1 amide bonds. The zero-order valence-electron chi connectivity index (χ0n) is 12.0. The number of nitrogens with zero attached hydrogens (tertiary/aromatic N) is 1. The predicted octanol–water partition coefficient (Wildman–Crippen LogP) is 1.35. The summed E-state index contributed by atoms with van der Waals surface area (Å²) in [6.45, 7) is 6.37. The Kier molecular flexibility index (Phi) is 5.79. The number of carbonyl (C=O) groups is 2. The van der Waals surface area contributed by atoms with E-state index in [2.05, 4.69) is 0 Å². The maximum atomic E-state index is 12.5. The lowest BCUT2D eigenvalue weighted by molar-refractivity contribution is -0.149. The molecular weight excluding hydrogens is 246 g/mol. The van der Waals surface area contributed by atoms with Crippen molar-refractivity contribution in [3.8, 4) is 0 Å². The van der Waals surface area contributed by atoms with Gasteiger partial charge in [0, 0.05) is 19.2 Å². The molecule has 0 aliphatic heterocycles. The van der Waals surface area contributed by atoms with Gasteiger partial charge in [0.1, 0.15) is 0 Å². The van der Waals surface area contributed by atoms with Gasteiger partial charge in [-0.2, -0.15) is 0 Å². The van der Waals surface area contributed by atoms with Gasteiger partial charge in [-0.1, -0.05) is 6.92 Å². The minimum atomic E-state index is -0.867. The number of carboxylic acids is 1. The predicted molar refractivity (Wildman–Crippen MR) is 71.6 cm³/mol.